The molecule has 0 aliphatic heterocycles. The summed E-state index contributed by atoms with van der Waals surface area (Å²) in [4.78, 5) is 0. The highest BCUT2D eigenvalue weighted by molar-refractivity contribution is 5.27. The van der Waals surface area contributed by atoms with Gasteiger partial charge in [0.1, 0.15) is 0 Å². The van der Waals surface area contributed by atoms with Gasteiger partial charge >= 0.3 is 0 Å². The molecule has 0 radical (unpaired) electrons. The summed E-state index contributed by atoms with van der Waals surface area (Å²) in [6.45, 7) is 10.2. The minimum Gasteiger partial charge on any atom is -0.314 e. The number of hydrogen-bond acceptors (Lipinski definition) is 1. The molecule has 1 N–H and O–H groups in total. The summed E-state index contributed by atoms with van der Waals surface area (Å²) in [6, 6.07) is 0.450. The van der Waals surface area contributed by atoms with E-state index in [-0.39, 0.29) is 0 Å². The third-order valence-corrected chi connectivity index (χ3v) is 2.57. The fourth-order valence-electron chi connectivity index (χ4n) is 1.37. The Bertz CT molecular complexity index is 223. The first kappa shape index (κ1) is 13.2. The SMILES string of the molecule is C=CCCC(/C=C\C)=C(/C)C(C)NC. The molecule has 1 heteroatoms. The second-order valence-electron chi connectivity index (χ2n) is 3.55. The quantitative estimate of drug-likeness (QED) is 0.503. The maximum atomic E-state index is 3.75. The first-order chi connectivity index (χ1) is 6.67. The van der Waals surface area contributed by atoms with E-state index in [9.17, 15) is 0 Å². The fourth-order valence-corrected chi connectivity index (χ4v) is 1.37. The van der Waals surface area contributed by atoms with Crippen molar-refractivity contribution in [2.24, 2.45) is 0 Å². The van der Waals surface area contributed by atoms with Crippen LogP contribution in [0.3, 0.4) is 0 Å². The summed E-state index contributed by atoms with van der Waals surface area (Å²) < 4.78 is 0. The molecule has 0 amide bonds. The number of rotatable bonds is 6. The first-order valence-electron chi connectivity index (χ1n) is 5.27. The molecule has 0 saturated heterocycles. The Morgan fingerprint density at radius 1 is 1.50 bits per heavy atom. The molecule has 0 bridgehead atoms. The highest BCUT2D eigenvalue weighted by Gasteiger charge is 2.05. The molecule has 0 rings (SSSR count). The van der Waals surface area contributed by atoms with Crippen LogP contribution in [0.1, 0.15) is 33.6 Å². The van der Waals surface area contributed by atoms with Crippen LogP contribution >= 0.6 is 0 Å². The monoisotopic (exact) mass is 193 g/mol. The van der Waals surface area contributed by atoms with Crippen molar-refractivity contribution in [2.45, 2.75) is 39.7 Å². The zero-order valence-corrected chi connectivity index (χ0v) is 9.93. The second kappa shape index (κ2) is 7.57. The summed E-state index contributed by atoms with van der Waals surface area (Å²) in [5.41, 5.74) is 2.85. The van der Waals surface area contributed by atoms with E-state index in [1.54, 1.807) is 0 Å². The molecule has 0 fully saturated rings. The highest BCUT2D eigenvalue weighted by Crippen LogP contribution is 2.16. The van der Waals surface area contributed by atoms with Gasteiger partial charge in [-0.25, -0.2) is 0 Å². The van der Waals surface area contributed by atoms with Gasteiger partial charge in [0, 0.05) is 6.04 Å². The van der Waals surface area contributed by atoms with Gasteiger partial charge < -0.3 is 5.32 Å². The van der Waals surface area contributed by atoms with E-state index in [0.29, 0.717) is 6.04 Å². The normalized spacial score (nSPS) is 15.4. The average Bonchev–Trinajstić information content (AvgIpc) is 2.22. The number of nitrogens with one attached hydrogen (secondary N) is 1. The Kier molecular flexibility index (Phi) is 7.13. The van der Waals surface area contributed by atoms with Gasteiger partial charge in [0.25, 0.3) is 0 Å². The van der Waals surface area contributed by atoms with Crippen molar-refractivity contribution < 1.29 is 0 Å². The van der Waals surface area contributed by atoms with Crippen molar-refractivity contribution in [3.8, 4) is 0 Å². The Labute approximate surface area is 88.6 Å². The molecule has 0 saturated carbocycles. The van der Waals surface area contributed by atoms with Crippen LogP contribution in [0.15, 0.2) is 36.0 Å². The van der Waals surface area contributed by atoms with Crippen LogP contribution in [0.25, 0.3) is 0 Å². The van der Waals surface area contributed by atoms with Crippen LogP contribution in [-0.4, -0.2) is 13.1 Å². The Hall–Kier alpha value is -0.820. The molecular formula is C13H23N. The molecule has 80 valence electrons. The predicted octanol–water partition coefficient (Wildman–Crippen LogP) is 3.45. The topological polar surface area (TPSA) is 12.0 Å². The second-order valence-corrected chi connectivity index (χ2v) is 3.55. The number of hydrogen-bond donors (Lipinski definition) is 1. The van der Waals surface area contributed by atoms with Crippen molar-refractivity contribution in [1.29, 1.82) is 0 Å². The molecule has 0 aromatic rings. The number of allylic oxidation sites excluding steroid dienone is 4. The van der Waals surface area contributed by atoms with Crippen LogP contribution < -0.4 is 5.32 Å². The van der Waals surface area contributed by atoms with E-state index in [1.807, 2.05) is 13.1 Å². The predicted molar refractivity (Wildman–Crippen MR) is 65.5 cm³/mol. The van der Waals surface area contributed by atoms with Crippen molar-refractivity contribution in [1.82, 2.24) is 5.32 Å². The third-order valence-electron chi connectivity index (χ3n) is 2.57. The van der Waals surface area contributed by atoms with E-state index in [2.05, 4.69) is 44.8 Å². The van der Waals surface area contributed by atoms with Gasteiger partial charge in [-0.05, 0) is 46.2 Å². The molecule has 0 heterocycles. The van der Waals surface area contributed by atoms with E-state index >= 15 is 0 Å². The van der Waals surface area contributed by atoms with Crippen molar-refractivity contribution >= 4 is 0 Å². The van der Waals surface area contributed by atoms with Gasteiger partial charge in [-0.15, -0.1) is 6.58 Å². The lowest BCUT2D eigenvalue weighted by Crippen LogP contribution is -2.23. The van der Waals surface area contributed by atoms with Gasteiger partial charge in [-0.3, -0.25) is 0 Å². The van der Waals surface area contributed by atoms with Crippen LogP contribution in [-0.2, 0) is 0 Å². The van der Waals surface area contributed by atoms with E-state index in [1.165, 1.54) is 11.1 Å². The van der Waals surface area contributed by atoms with Crippen molar-refractivity contribution in [3.63, 3.8) is 0 Å². The van der Waals surface area contributed by atoms with E-state index in [0.717, 1.165) is 12.8 Å². The maximum Gasteiger partial charge on any atom is 0.0251 e. The fraction of sp³-hybridized carbons (Fsp3) is 0.538. The average molecular weight is 193 g/mol. The summed E-state index contributed by atoms with van der Waals surface area (Å²) in [7, 11) is 1.99. The molecule has 1 unspecified atom stereocenters. The Morgan fingerprint density at radius 3 is 2.57 bits per heavy atom. The molecule has 0 aliphatic carbocycles. The minimum atomic E-state index is 0.450. The molecule has 0 spiro atoms. The Morgan fingerprint density at radius 2 is 2.14 bits per heavy atom. The van der Waals surface area contributed by atoms with Gasteiger partial charge in [-0.2, -0.15) is 0 Å². The highest BCUT2D eigenvalue weighted by atomic mass is 14.9. The Balaban J connectivity index is 4.64. The summed E-state index contributed by atoms with van der Waals surface area (Å²) in [6.07, 6.45) is 8.41. The lowest BCUT2D eigenvalue weighted by Gasteiger charge is -2.15. The van der Waals surface area contributed by atoms with E-state index < -0.39 is 0 Å². The van der Waals surface area contributed by atoms with Crippen LogP contribution in [0, 0.1) is 0 Å². The van der Waals surface area contributed by atoms with Gasteiger partial charge in [-0.1, -0.05) is 23.8 Å². The molecule has 0 aromatic heterocycles. The van der Waals surface area contributed by atoms with Crippen LogP contribution in [0.5, 0.6) is 0 Å². The molecule has 0 aromatic carbocycles. The summed E-state index contributed by atoms with van der Waals surface area (Å²) >= 11 is 0. The first-order valence-corrected chi connectivity index (χ1v) is 5.27. The van der Waals surface area contributed by atoms with Gasteiger partial charge in [0.05, 0.1) is 0 Å². The third kappa shape index (κ3) is 4.43. The maximum absolute atomic E-state index is 3.75. The zero-order valence-electron chi connectivity index (χ0n) is 9.93. The van der Waals surface area contributed by atoms with E-state index in [4.69, 9.17) is 0 Å². The summed E-state index contributed by atoms with van der Waals surface area (Å²) in [5.74, 6) is 0. The molecule has 0 aliphatic rings. The van der Waals surface area contributed by atoms with Gasteiger partial charge in [0.2, 0.25) is 0 Å². The number of likely N-dealkylation sites (N-methyl/N-ethyl adjacent to an activating group) is 1. The smallest absolute Gasteiger partial charge is 0.0251 e. The van der Waals surface area contributed by atoms with Gasteiger partial charge in [0.15, 0.2) is 0 Å². The molecule has 14 heavy (non-hydrogen) atoms. The zero-order chi connectivity index (χ0) is 11.0. The van der Waals surface area contributed by atoms with Crippen molar-refractivity contribution in [3.05, 3.63) is 36.0 Å². The lowest BCUT2D eigenvalue weighted by atomic mass is 9.99. The largest absolute Gasteiger partial charge is 0.314 e. The summed E-state index contributed by atoms with van der Waals surface area (Å²) in [5, 5.41) is 3.26. The molecule has 1 nitrogen and oxygen atoms in total. The molecular weight excluding hydrogens is 170 g/mol. The minimum absolute atomic E-state index is 0.450. The lowest BCUT2D eigenvalue weighted by molar-refractivity contribution is 0.682. The van der Waals surface area contributed by atoms with Crippen molar-refractivity contribution in [2.75, 3.05) is 7.05 Å². The van der Waals surface area contributed by atoms with Crippen LogP contribution in [0.2, 0.25) is 0 Å². The molecule has 1 atom stereocenters. The van der Waals surface area contributed by atoms with Crippen LogP contribution in [0.4, 0.5) is 0 Å². The standard InChI is InChI=1S/C13H23N/c1-6-8-10-13(9-7-2)11(3)12(4)14-5/h6-7,9,12,14H,1,8,10H2,2-5H3/b9-7-,13-11-.